The summed E-state index contributed by atoms with van der Waals surface area (Å²) in [5.74, 6) is 0.451. The summed E-state index contributed by atoms with van der Waals surface area (Å²) in [4.78, 5) is 2.32. The molecule has 0 aromatic heterocycles. The summed E-state index contributed by atoms with van der Waals surface area (Å²) in [6.07, 6.45) is 4.77. The molecule has 3 heteroatoms. The van der Waals surface area contributed by atoms with Gasteiger partial charge in [0.2, 0.25) is 0 Å². The molecule has 1 N–H and O–H groups in total. The maximum Gasteiger partial charge on any atom is 0.0621 e. The van der Waals surface area contributed by atoms with E-state index < -0.39 is 0 Å². The summed E-state index contributed by atoms with van der Waals surface area (Å²) < 4.78 is 0. The van der Waals surface area contributed by atoms with Gasteiger partial charge in [-0.2, -0.15) is 5.26 Å². The summed E-state index contributed by atoms with van der Waals surface area (Å²) in [6, 6.07) is 2.22. The van der Waals surface area contributed by atoms with Crippen LogP contribution in [0.2, 0.25) is 0 Å². The maximum absolute atomic E-state index is 9.81. The van der Waals surface area contributed by atoms with Crippen LogP contribution in [0.3, 0.4) is 0 Å². The Morgan fingerprint density at radius 3 is 2.65 bits per heavy atom. The molecule has 0 bridgehead atoms. The van der Waals surface area contributed by atoms with Crippen LogP contribution in [-0.2, 0) is 0 Å². The Kier molecular flexibility index (Phi) is 5.42. The SMILES string of the molecule is CN(CC1CCCC1O)CC(C)(C)CCC#N. The second-order valence-electron chi connectivity index (χ2n) is 6.28. The number of rotatable bonds is 6. The number of aliphatic hydroxyl groups excluding tert-OH is 1. The first-order valence-electron chi connectivity index (χ1n) is 6.68. The van der Waals surface area contributed by atoms with Crippen LogP contribution in [0.25, 0.3) is 0 Å². The van der Waals surface area contributed by atoms with Crippen molar-refractivity contribution in [2.24, 2.45) is 11.3 Å². The Morgan fingerprint density at radius 1 is 1.41 bits per heavy atom. The van der Waals surface area contributed by atoms with Gasteiger partial charge in [-0.1, -0.05) is 20.3 Å². The van der Waals surface area contributed by atoms with Crippen molar-refractivity contribution in [1.82, 2.24) is 4.90 Å². The molecule has 1 aliphatic rings. The van der Waals surface area contributed by atoms with Gasteiger partial charge in [0.1, 0.15) is 0 Å². The highest BCUT2D eigenvalue weighted by molar-refractivity contribution is 4.82. The van der Waals surface area contributed by atoms with Crippen molar-refractivity contribution in [2.45, 2.75) is 52.1 Å². The first kappa shape index (κ1) is 14.5. The van der Waals surface area contributed by atoms with Gasteiger partial charge in [-0.05, 0) is 37.6 Å². The molecule has 0 heterocycles. The van der Waals surface area contributed by atoms with Crippen molar-refractivity contribution >= 4 is 0 Å². The third-order valence-corrected chi connectivity index (χ3v) is 3.78. The standard InChI is InChI=1S/C14H26N2O/c1-14(2,8-5-9-15)11-16(3)10-12-6-4-7-13(12)17/h12-13,17H,4-8,10-11H2,1-3H3. The topological polar surface area (TPSA) is 47.3 Å². The fourth-order valence-corrected chi connectivity index (χ4v) is 2.90. The average molecular weight is 238 g/mol. The highest BCUT2D eigenvalue weighted by atomic mass is 16.3. The van der Waals surface area contributed by atoms with E-state index in [9.17, 15) is 5.11 Å². The van der Waals surface area contributed by atoms with Gasteiger partial charge in [0.05, 0.1) is 12.2 Å². The van der Waals surface area contributed by atoms with E-state index >= 15 is 0 Å². The van der Waals surface area contributed by atoms with Crippen LogP contribution in [0.1, 0.15) is 46.0 Å². The normalized spacial score (nSPS) is 25.2. The molecule has 0 saturated heterocycles. The number of hydrogen-bond acceptors (Lipinski definition) is 3. The molecule has 0 amide bonds. The molecule has 2 unspecified atom stereocenters. The first-order valence-corrected chi connectivity index (χ1v) is 6.68. The lowest BCUT2D eigenvalue weighted by molar-refractivity contribution is 0.0955. The monoisotopic (exact) mass is 238 g/mol. The predicted molar refractivity (Wildman–Crippen MR) is 69.5 cm³/mol. The lowest BCUT2D eigenvalue weighted by atomic mass is 9.87. The van der Waals surface area contributed by atoms with Gasteiger partial charge in [0, 0.05) is 19.5 Å². The van der Waals surface area contributed by atoms with Gasteiger partial charge in [-0.25, -0.2) is 0 Å². The zero-order valence-corrected chi connectivity index (χ0v) is 11.4. The zero-order valence-electron chi connectivity index (χ0n) is 11.4. The predicted octanol–water partition coefficient (Wildman–Crippen LogP) is 2.41. The smallest absolute Gasteiger partial charge is 0.0621 e. The quantitative estimate of drug-likeness (QED) is 0.773. The van der Waals surface area contributed by atoms with Crippen LogP contribution in [-0.4, -0.2) is 36.2 Å². The van der Waals surface area contributed by atoms with Crippen molar-refractivity contribution in [3.63, 3.8) is 0 Å². The molecule has 2 atom stereocenters. The number of hydrogen-bond donors (Lipinski definition) is 1. The molecule has 0 spiro atoms. The Morgan fingerprint density at radius 2 is 2.12 bits per heavy atom. The minimum atomic E-state index is -0.0975. The Labute approximate surface area is 105 Å². The van der Waals surface area contributed by atoms with Crippen LogP contribution in [0, 0.1) is 22.7 Å². The van der Waals surface area contributed by atoms with E-state index in [-0.39, 0.29) is 11.5 Å². The van der Waals surface area contributed by atoms with Crippen molar-refractivity contribution in [1.29, 1.82) is 5.26 Å². The maximum atomic E-state index is 9.81. The summed E-state index contributed by atoms with van der Waals surface area (Å²) in [7, 11) is 2.12. The third kappa shape index (κ3) is 5.06. The minimum absolute atomic E-state index is 0.0975. The molecule has 3 nitrogen and oxygen atoms in total. The largest absolute Gasteiger partial charge is 0.393 e. The van der Waals surface area contributed by atoms with Gasteiger partial charge in [-0.15, -0.1) is 0 Å². The number of aliphatic hydroxyl groups is 1. The van der Waals surface area contributed by atoms with Gasteiger partial charge < -0.3 is 10.0 Å². The molecular formula is C14H26N2O. The van der Waals surface area contributed by atoms with Crippen molar-refractivity contribution in [3.05, 3.63) is 0 Å². The highest BCUT2D eigenvalue weighted by Gasteiger charge is 2.28. The van der Waals surface area contributed by atoms with E-state index in [2.05, 4.69) is 31.9 Å². The van der Waals surface area contributed by atoms with Crippen LogP contribution >= 0.6 is 0 Å². The van der Waals surface area contributed by atoms with E-state index in [4.69, 9.17) is 5.26 Å². The molecule has 1 fully saturated rings. The molecule has 1 saturated carbocycles. The van der Waals surface area contributed by atoms with Crippen LogP contribution in [0.4, 0.5) is 0 Å². The Hall–Kier alpha value is -0.590. The van der Waals surface area contributed by atoms with Gasteiger partial charge in [-0.3, -0.25) is 0 Å². The van der Waals surface area contributed by atoms with Gasteiger partial charge in [0.15, 0.2) is 0 Å². The van der Waals surface area contributed by atoms with E-state index in [1.165, 1.54) is 0 Å². The molecule has 17 heavy (non-hydrogen) atoms. The van der Waals surface area contributed by atoms with E-state index in [1.807, 2.05) is 0 Å². The molecule has 0 aromatic carbocycles. The van der Waals surface area contributed by atoms with Crippen LogP contribution in [0.15, 0.2) is 0 Å². The second kappa shape index (κ2) is 6.37. The number of nitriles is 1. The van der Waals surface area contributed by atoms with Gasteiger partial charge >= 0.3 is 0 Å². The summed E-state index contributed by atoms with van der Waals surface area (Å²) >= 11 is 0. The molecule has 0 aliphatic heterocycles. The van der Waals surface area contributed by atoms with Crippen molar-refractivity contribution < 1.29 is 5.11 Å². The van der Waals surface area contributed by atoms with Crippen LogP contribution < -0.4 is 0 Å². The zero-order chi connectivity index (χ0) is 12.9. The van der Waals surface area contributed by atoms with Crippen molar-refractivity contribution in [3.8, 4) is 6.07 Å². The van der Waals surface area contributed by atoms with Crippen LogP contribution in [0.5, 0.6) is 0 Å². The van der Waals surface area contributed by atoms with Crippen molar-refractivity contribution in [2.75, 3.05) is 20.1 Å². The summed E-state index contributed by atoms with van der Waals surface area (Å²) in [6.45, 7) is 6.41. The van der Waals surface area contributed by atoms with E-state index in [0.717, 1.165) is 38.8 Å². The lowest BCUT2D eigenvalue weighted by Gasteiger charge is -2.31. The minimum Gasteiger partial charge on any atom is -0.393 e. The molecule has 1 aliphatic carbocycles. The summed E-state index contributed by atoms with van der Waals surface area (Å²) in [5.41, 5.74) is 0.189. The molecule has 0 radical (unpaired) electrons. The average Bonchev–Trinajstić information content (AvgIpc) is 2.61. The lowest BCUT2D eigenvalue weighted by Crippen LogP contribution is -2.36. The third-order valence-electron chi connectivity index (χ3n) is 3.78. The fraction of sp³-hybridized carbons (Fsp3) is 0.929. The Balaban J connectivity index is 2.33. The van der Waals surface area contributed by atoms with E-state index in [1.54, 1.807) is 0 Å². The molecule has 98 valence electrons. The number of nitrogens with zero attached hydrogens (tertiary/aromatic N) is 2. The summed E-state index contributed by atoms with van der Waals surface area (Å²) in [5, 5.41) is 18.4. The van der Waals surface area contributed by atoms with E-state index in [0.29, 0.717) is 12.3 Å². The fourth-order valence-electron chi connectivity index (χ4n) is 2.90. The molecule has 1 rings (SSSR count). The molecular weight excluding hydrogens is 212 g/mol. The Bertz CT molecular complexity index is 270. The van der Waals surface area contributed by atoms with Gasteiger partial charge in [0.25, 0.3) is 0 Å². The molecule has 0 aromatic rings. The second-order valence-corrected chi connectivity index (χ2v) is 6.28. The first-order chi connectivity index (χ1) is 7.94. The highest BCUT2D eigenvalue weighted by Crippen LogP contribution is 2.28.